The van der Waals surface area contributed by atoms with Gasteiger partial charge in [-0.2, -0.15) is 0 Å². The van der Waals surface area contributed by atoms with Crippen LogP contribution in [-0.4, -0.2) is 36.5 Å². The lowest BCUT2D eigenvalue weighted by Gasteiger charge is -2.50. The maximum absolute atomic E-state index is 12.6. The molecule has 0 aromatic carbocycles. The molecule has 0 heterocycles. The monoisotopic (exact) mass is 344 g/mol. The van der Waals surface area contributed by atoms with Crippen LogP contribution in [0, 0.1) is 23.2 Å². The number of Topliss-reactive ketones (excluding diaryl/α,β-unsaturated/α-hetero) is 1. The van der Waals surface area contributed by atoms with Crippen molar-refractivity contribution >= 4 is 11.6 Å². The molecule has 4 heteroatoms. The van der Waals surface area contributed by atoms with E-state index in [0.717, 1.165) is 37.7 Å². The van der Waals surface area contributed by atoms with Gasteiger partial charge in [-0.25, -0.2) is 0 Å². The summed E-state index contributed by atoms with van der Waals surface area (Å²) in [7, 11) is 1.58. The van der Waals surface area contributed by atoms with Crippen molar-refractivity contribution in [3.05, 3.63) is 22.8 Å². The highest BCUT2D eigenvalue weighted by Gasteiger charge is 2.57. The van der Waals surface area contributed by atoms with E-state index in [1.165, 1.54) is 11.1 Å². The van der Waals surface area contributed by atoms with E-state index >= 15 is 0 Å². The van der Waals surface area contributed by atoms with E-state index in [2.05, 4.69) is 6.92 Å². The molecule has 0 aliphatic heterocycles. The van der Waals surface area contributed by atoms with Crippen molar-refractivity contribution in [1.29, 1.82) is 0 Å². The van der Waals surface area contributed by atoms with Crippen LogP contribution in [-0.2, 0) is 14.3 Å². The molecule has 0 amide bonds. The third kappa shape index (κ3) is 2.57. The molecule has 4 aliphatic carbocycles. The van der Waals surface area contributed by atoms with Crippen molar-refractivity contribution in [2.75, 3.05) is 13.7 Å². The van der Waals surface area contributed by atoms with Crippen LogP contribution >= 0.6 is 0 Å². The van der Waals surface area contributed by atoms with Gasteiger partial charge in [-0.15, -0.1) is 0 Å². The second kappa shape index (κ2) is 6.17. The zero-order chi connectivity index (χ0) is 17.8. The van der Waals surface area contributed by atoms with Gasteiger partial charge in [0.2, 0.25) is 0 Å². The summed E-state index contributed by atoms with van der Waals surface area (Å²) in [5.41, 5.74) is 3.78. The maximum atomic E-state index is 12.6. The van der Waals surface area contributed by atoms with E-state index in [1.54, 1.807) is 13.2 Å². The number of methoxy groups -OCH3 is 1. The Morgan fingerprint density at radius 3 is 2.88 bits per heavy atom. The van der Waals surface area contributed by atoms with Gasteiger partial charge in [0.1, 0.15) is 6.61 Å². The molecule has 0 radical (unpaired) electrons. The van der Waals surface area contributed by atoms with E-state index in [0.29, 0.717) is 18.8 Å². The summed E-state index contributed by atoms with van der Waals surface area (Å²) in [6.07, 6.45) is 7.24. The van der Waals surface area contributed by atoms with Crippen molar-refractivity contribution in [3.63, 3.8) is 0 Å². The van der Waals surface area contributed by atoms with Gasteiger partial charge >= 0.3 is 0 Å². The number of allylic oxidation sites excluding steroid dienone is 2. The highest BCUT2D eigenvalue weighted by Crippen LogP contribution is 2.62. The highest BCUT2D eigenvalue weighted by atomic mass is 16.5. The van der Waals surface area contributed by atoms with E-state index < -0.39 is 6.10 Å². The first kappa shape index (κ1) is 17.2. The molecule has 1 unspecified atom stereocenters. The van der Waals surface area contributed by atoms with E-state index in [-0.39, 0.29) is 35.4 Å². The molecule has 2 fully saturated rings. The fourth-order valence-corrected chi connectivity index (χ4v) is 6.31. The Balaban J connectivity index is 1.69. The predicted octanol–water partition coefficient (Wildman–Crippen LogP) is 2.99. The zero-order valence-corrected chi connectivity index (χ0v) is 15.2. The van der Waals surface area contributed by atoms with Crippen molar-refractivity contribution < 1.29 is 19.4 Å². The third-order valence-electron chi connectivity index (χ3n) is 7.43. The normalized spacial score (nSPS) is 40.3. The number of carbonyl (C=O) groups is 2. The summed E-state index contributed by atoms with van der Waals surface area (Å²) >= 11 is 0. The third-order valence-corrected chi connectivity index (χ3v) is 7.43. The number of hydrogen-bond donors (Lipinski definition) is 1. The fourth-order valence-electron chi connectivity index (χ4n) is 6.31. The Morgan fingerprint density at radius 1 is 1.32 bits per heavy atom. The van der Waals surface area contributed by atoms with Gasteiger partial charge in [0.15, 0.2) is 11.6 Å². The SMILES string of the molecule is COCC(=O)[C@H]1CC[C@H]2[C@H]3C(=C4CCC(=O)C=C4CC3O)CC[C@]12C. The number of carbonyl (C=O) groups excluding carboxylic acids is 2. The van der Waals surface area contributed by atoms with Crippen LogP contribution in [0.15, 0.2) is 22.8 Å². The molecule has 0 spiro atoms. The summed E-state index contributed by atoms with van der Waals surface area (Å²) in [5.74, 6) is 0.999. The van der Waals surface area contributed by atoms with Crippen LogP contribution in [0.5, 0.6) is 0 Å². The van der Waals surface area contributed by atoms with Crippen LogP contribution < -0.4 is 0 Å². The first-order valence-electron chi connectivity index (χ1n) is 9.61. The first-order chi connectivity index (χ1) is 12.0. The van der Waals surface area contributed by atoms with Crippen molar-refractivity contribution in [3.8, 4) is 0 Å². The molecular weight excluding hydrogens is 316 g/mol. The van der Waals surface area contributed by atoms with Gasteiger partial charge in [-0.3, -0.25) is 9.59 Å². The maximum Gasteiger partial charge on any atom is 0.162 e. The number of ether oxygens (including phenoxy) is 1. The Kier molecular flexibility index (Phi) is 4.24. The molecule has 4 aliphatic rings. The van der Waals surface area contributed by atoms with Crippen LogP contribution in [0.3, 0.4) is 0 Å². The minimum Gasteiger partial charge on any atom is -0.392 e. The Hall–Kier alpha value is -1.26. The molecule has 25 heavy (non-hydrogen) atoms. The van der Waals surface area contributed by atoms with Crippen LogP contribution in [0.2, 0.25) is 0 Å². The first-order valence-corrected chi connectivity index (χ1v) is 9.61. The minimum absolute atomic E-state index is 0.0307. The summed E-state index contributed by atoms with van der Waals surface area (Å²) < 4.78 is 5.10. The average molecular weight is 344 g/mol. The number of rotatable bonds is 3. The van der Waals surface area contributed by atoms with Gasteiger partial charge in [0.05, 0.1) is 6.10 Å². The molecule has 0 aromatic heterocycles. The molecule has 2 saturated carbocycles. The summed E-state index contributed by atoms with van der Waals surface area (Å²) in [6.45, 7) is 2.45. The number of aliphatic hydroxyl groups excluding tert-OH is 1. The van der Waals surface area contributed by atoms with Gasteiger partial charge in [-0.1, -0.05) is 12.5 Å². The van der Waals surface area contributed by atoms with Crippen molar-refractivity contribution in [2.24, 2.45) is 23.2 Å². The smallest absolute Gasteiger partial charge is 0.162 e. The number of hydrogen-bond acceptors (Lipinski definition) is 4. The molecule has 0 saturated heterocycles. The average Bonchev–Trinajstić information content (AvgIpc) is 2.91. The van der Waals surface area contributed by atoms with Gasteiger partial charge < -0.3 is 9.84 Å². The Morgan fingerprint density at radius 2 is 2.12 bits per heavy atom. The number of fused-ring (bicyclic) bond motifs is 4. The predicted molar refractivity (Wildman–Crippen MR) is 93.9 cm³/mol. The molecule has 1 N–H and O–H groups in total. The van der Waals surface area contributed by atoms with E-state index in [9.17, 15) is 14.7 Å². The van der Waals surface area contributed by atoms with Crippen LogP contribution in [0.4, 0.5) is 0 Å². The zero-order valence-electron chi connectivity index (χ0n) is 15.2. The number of ketones is 2. The summed E-state index contributed by atoms with van der Waals surface area (Å²) in [6, 6.07) is 0. The summed E-state index contributed by atoms with van der Waals surface area (Å²) in [4.78, 5) is 24.3. The standard InChI is InChI=1S/C21H28O4/c1-21-8-7-15-14-4-3-13(22)9-12(14)10-18(23)20(15)17(21)6-5-16(21)19(24)11-25-2/h9,16-18,20,23H,3-8,10-11H2,1-2H3/t16-,17+,18?,20-,21-/m1/s1. The lowest BCUT2D eigenvalue weighted by Crippen LogP contribution is -2.47. The van der Waals surface area contributed by atoms with Crippen LogP contribution in [0.25, 0.3) is 0 Å². The van der Waals surface area contributed by atoms with E-state index in [1.807, 2.05) is 0 Å². The van der Waals surface area contributed by atoms with Gasteiger partial charge in [0, 0.05) is 25.4 Å². The second-order valence-corrected chi connectivity index (χ2v) is 8.58. The lowest BCUT2D eigenvalue weighted by atomic mass is 9.55. The highest BCUT2D eigenvalue weighted by molar-refractivity contribution is 5.93. The molecule has 5 atom stereocenters. The van der Waals surface area contributed by atoms with E-state index in [4.69, 9.17) is 4.74 Å². The molecule has 136 valence electrons. The second-order valence-electron chi connectivity index (χ2n) is 8.58. The van der Waals surface area contributed by atoms with Crippen LogP contribution in [0.1, 0.15) is 51.9 Å². The minimum atomic E-state index is -0.420. The number of aliphatic hydroxyl groups is 1. The molecular formula is C21H28O4. The van der Waals surface area contributed by atoms with Crippen molar-refractivity contribution in [2.45, 2.75) is 58.0 Å². The molecule has 0 aromatic rings. The van der Waals surface area contributed by atoms with Gasteiger partial charge in [-0.05, 0) is 67.1 Å². The van der Waals surface area contributed by atoms with Crippen molar-refractivity contribution in [1.82, 2.24) is 0 Å². The molecule has 0 bridgehead atoms. The molecule has 4 rings (SSSR count). The molecule has 4 nitrogen and oxygen atoms in total. The lowest BCUT2D eigenvalue weighted by molar-refractivity contribution is -0.131. The Bertz CT molecular complexity index is 673. The quantitative estimate of drug-likeness (QED) is 0.855. The fraction of sp³-hybridized carbons (Fsp3) is 0.714. The topological polar surface area (TPSA) is 63.6 Å². The summed E-state index contributed by atoms with van der Waals surface area (Å²) in [5, 5.41) is 10.9. The Labute approximate surface area is 149 Å². The largest absolute Gasteiger partial charge is 0.392 e. The van der Waals surface area contributed by atoms with Gasteiger partial charge in [0.25, 0.3) is 0 Å².